The Bertz CT molecular complexity index is 535. The fourth-order valence-electron chi connectivity index (χ4n) is 2.05. The molecule has 6 heteroatoms. The average molecular weight is 298 g/mol. The number of likely N-dealkylation sites (tertiary alicyclic amines) is 1. The summed E-state index contributed by atoms with van der Waals surface area (Å²) in [6.45, 7) is 3.84. The minimum atomic E-state index is -3.56. The van der Waals surface area contributed by atoms with Gasteiger partial charge in [-0.3, -0.25) is 4.72 Å². The van der Waals surface area contributed by atoms with Crippen molar-refractivity contribution < 1.29 is 8.42 Å². The molecule has 0 atom stereocenters. The minimum Gasteiger partial charge on any atom is -0.348 e. The van der Waals surface area contributed by atoms with Gasteiger partial charge in [0.2, 0.25) is 0 Å². The first-order chi connectivity index (χ1) is 8.99. The molecule has 1 aliphatic heterocycles. The summed E-state index contributed by atoms with van der Waals surface area (Å²) < 4.78 is 26.7. The molecular formula is C13H18N2O2S2. The summed E-state index contributed by atoms with van der Waals surface area (Å²) in [6, 6.07) is 8.29. The van der Waals surface area contributed by atoms with Gasteiger partial charge < -0.3 is 4.90 Å². The van der Waals surface area contributed by atoms with Gasteiger partial charge in [-0.1, -0.05) is 25.1 Å². The lowest BCUT2D eigenvalue weighted by molar-refractivity contribution is 0.280. The maximum atomic E-state index is 12.1. The van der Waals surface area contributed by atoms with Gasteiger partial charge >= 0.3 is 0 Å². The molecule has 1 aliphatic rings. The van der Waals surface area contributed by atoms with Crippen LogP contribution in [-0.4, -0.2) is 31.5 Å². The molecule has 104 valence electrons. The summed E-state index contributed by atoms with van der Waals surface area (Å²) in [5.74, 6) is 0.685. The smallest absolute Gasteiger partial charge is 0.263 e. The molecule has 0 amide bonds. The van der Waals surface area contributed by atoms with Crippen molar-refractivity contribution in [1.29, 1.82) is 0 Å². The Kier molecular flexibility index (Phi) is 4.42. The van der Waals surface area contributed by atoms with E-state index in [0.29, 0.717) is 11.0 Å². The fraction of sp³-hybridized carbons (Fsp3) is 0.462. The van der Waals surface area contributed by atoms with E-state index in [2.05, 4.69) is 11.6 Å². The number of nitrogens with one attached hydrogen (secondary N) is 1. The molecule has 1 aromatic rings. The molecule has 0 saturated carbocycles. The number of thiocarbonyl (C=S) groups is 1. The van der Waals surface area contributed by atoms with Crippen LogP contribution in [0.15, 0.2) is 35.2 Å². The summed E-state index contributed by atoms with van der Waals surface area (Å²) in [5.41, 5.74) is 0. The maximum Gasteiger partial charge on any atom is 0.263 e. The van der Waals surface area contributed by atoms with E-state index in [4.69, 9.17) is 12.2 Å². The second-order valence-corrected chi connectivity index (χ2v) is 6.96. The van der Waals surface area contributed by atoms with Crippen molar-refractivity contribution in [2.24, 2.45) is 5.92 Å². The molecular weight excluding hydrogens is 280 g/mol. The highest BCUT2D eigenvalue weighted by atomic mass is 32.2. The van der Waals surface area contributed by atoms with Crippen molar-refractivity contribution in [3.63, 3.8) is 0 Å². The van der Waals surface area contributed by atoms with Crippen LogP contribution in [0.3, 0.4) is 0 Å². The van der Waals surface area contributed by atoms with E-state index in [1.165, 1.54) is 0 Å². The molecule has 1 aromatic carbocycles. The van der Waals surface area contributed by atoms with E-state index in [-0.39, 0.29) is 4.90 Å². The molecule has 0 aliphatic carbocycles. The van der Waals surface area contributed by atoms with Crippen LogP contribution < -0.4 is 4.72 Å². The van der Waals surface area contributed by atoms with Crippen LogP contribution in [0.4, 0.5) is 0 Å². The number of piperidine rings is 1. The quantitative estimate of drug-likeness (QED) is 0.848. The zero-order valence-electron chi connectivity index (χ0n) is 10.9. The molecule has 4 nitrogen and oxygen atoms in total. The van der Waals surface area contributed by atoms with Crippen molar-refractivity contribution in [1.82, 2.24) is 9.62 Å². The molecule has 1 N–H and O–H groups in total. The zero-order valence-corrected chi connectivity index (χ0v) is 12.5. The second-order valence-electron chi connectivity index (χ2n) is 4.89. The van der Waals surface area contributed by atoms with E-state index in [1.54, 1.807) is 30.3 Å². The van der Waals surface area contributed by atoms with Crippen LogP contribution in [0.5, 0.6) is 0 Å². The van der Waals surface area contributed by atoms with E-state index in [0.717, 1.165) is 25.9 Å². The molecule has 1 heterocycles. The Morgan fingerprint density at radius 3 is 2.42 bits per heavy atom. The number of hydrogen-bond acceptors (Lipinski definition) is 3. The van der Waals surface area contributed by atoms with Crippen molar-refractivity contribution in [3.05, 3.63) is 30.3 Å². The highest BCUT2D eigenvalue weighted by molar-refractivity contribution is 7.91. The van der Waals surface area contributed by atoms with Crippen LogP contribution in [0.2, 0.25) is 0 Å². The summed E-state index contributed by atoms with van der Waals surface area (Å²) in [5, 5.41) is 0.302. The zero-order chi connectivity index (χ0) is 13.9. The Morgan fingerprint density at radius 2 is 1.84 bits per heavy atom. The molecule has 1 fully saturated rings. The topological polar surface area (TPSA) is 49.4 Å². The van der Waals surface area contributed by atoms with Gasteiger partial charge in [-0.2, -0.15) is 0 Å². The van der Waals surface area contributed by atoms with Gasteiger partial charge in [0.25, 0.3) is 10.0 Å². The predicted octanol–water partition coefficient (Wildman–Crippen LogP) is 1.98. The van der Waals surface area contributed by atoms with Gasteiger partial charge in [-0.05, 0) is 43.1 Å². The van der Waals surface area contributed by atoms with Crippen LogP contribution in [-0.2, 0) is 10.0 Å². The van der Waals surface area contributed by atoms with E-state index in [9.17, 15) is 8.42 Å². The number of benzene rings is 1. The Hall–Kier alpha value is -1.14. The first-order valence-electron chi connectivity index (χ1n) is 6.36. The van der Waals surface area contributed by atoms with Crippen molar-refractivity contribution in [2.45, 2.75) is 24.7 Å². The van der Waals surface area contributed by atoms with Crippen LogP contribution in [0.25, 0.3) is 0 Å². The normalized spacial score (nSPS) is 17.2. The number of nitrogens with zero attached hydrogens (tertiary/aromatic N) is 1. The molecule has 0 radical (unpaired) electrons. The fourth-order valence-corrected chi connectivity index (χ4v) is 3.55. The van der Waals surface area contributed by atoms with E-state index < -0.39 is 10.0 Å². The molecule has 19 heavy (non-hydrogen) atoms. The van der Waals surface area contributed by atoms with Crippen LogP contribution in [0, 0.1) is 5.92 Å². The lowest BCUT2D eigenvalue weighted by Gasteiger charge is -2.32. The maximum absolute atomic E-state index is 12.1. The second kappa shape index (κ2) is 5.88. The minimum absolute atomic E-state index is 0.239. The Labute approximate surface area is 119 Å². The molecule has 1 saturated heterocycles. The first-order valence-corrected chi connectivity index (χ1v) is 8.25. The van der Waals surface area contributed by atoms with Gasteiger partial charge in [0.1, 0.15) is 0 Å². The highest BCUT2D eigenvalue weighted by Crippen LogP contribution is 2.16. The molecule has 0 spiro atoms. The van der Waals surface area contributed by atoms with Gasteiger partial charge in [0.05, 0.1) is 4.90 Å². The Balaban J connectivity index is 2.03. The lowest BCUT2D eigenvalue weighted by atomic mass is 10.00. The summed E-state index contributed by atoms with van der Waals surface area (Å²) in [6.07, 6.45) is 2.10. The number of sulfonamides is 1. The van der Waals surface area contributed by atoms with E-state index >= 15 is 0 Å². The van der Waals surface area contributed by atoms with Crippen molar-refractivity contribution in [3.8, 4) is 0 Å². The number of rotatable bonds is 2. The van der Waals surface area contributed by atoms with Gasteiger partial charge in [0.15, 0.2) is 5.11 Å². The molecule has 2 rings (SSSR count). The molecule has 0 bridgehead atoms. The third-order valence-corrected chi connectivity index (χ3v) is 5.19. The summed E-state index contributed by atoms with van der Waals surface area (Å²) in [4.78, 5) is 2.17. The summed E-state index contributed by atoms with van der Waals surface area (Å²) >= 11 is 5.20. The molecule has 0 unspecified atom stereocenters. The third kappa shape index (κ3) is 3.67. The monoisotopic (exact) mass is 298 g/mol. The van der Waals surface area contributed by atoms with Crippen molar-refractivity contribution >= 4 is 27.4 Å². The van der Waals surface area contributed by atoms with Gasteiger partial charge in [-0.25, -0.2) is 8.42 Å². The third-order valence-electron chi connectivity index (χ3n) is 3.35. The predicted molar refractivity (Wildman–Crippen MR) is 79.3 cm³/mol. The van der Waals surface area contributed by atoms with Crippen LogP contribution in [0.1, 0.15) is 19.8 Å². The highest BCUT2D eigenvalue weighted by Gasteiger charge is 2.22. The van der Waals surface area contributed by atoms with Crippen molar-refractivity contribution in [2.75, 3.05) is 13.1 Å². The molecule has 0 aromatic heterocycles. The largest absolute Gasteiger partial charge is 0.348 e. The lowest BCUT2D eigenvalue weighted by Crippen LogP contribution is -2.45. The average Bonchev–Trinajstić information content (AvgIpc) is 2.40. The summed E-state index contributed by atoms with van der Waals surface area (Å²) in [7, 11) is -3.56. The standard InChI is InChI=1S/C13H18N2O2S2/c1-11-7-9-15(10-8-11)13(18)14-19(16,17)12-5-3-2-4-6-12/h2-6,11H,7-10H2,1H3,(H,14,18). The van der Waals surface area contributed by atoms with Gasteiger partial charge in [-0.15, -0.1) is 0 Å². The van der Waals surface area contributed by atoms with Crippen LogP contribution >= 0.6 is 12.2 Å². The first kappa shape index (κ1) is 14.3. The van der Waals surface area contributed by atoms with Gasteiger partial charge in [0, 0.05) is 13.1 Å². The SMILES string of the molecule is CC1CCN(C(=S)NS(=O)(=O)c2ccccc2)CC1. The number of hydrogen-bond donors (Lipinski definition) is 1. The Morgan fingerprint density at radius 1 is 1.26 bits per heavy atom. The van der Waals surface area contributed by atoms with E-state index in [1.807, 2.05) is 4.90 Å².